The van der Waals surface area contributed by atoms with Crippen molar-refractivity contribution >= 4 is 46.3 Å². The summed E-state index contributed by atoms with van der Waals surface area (Å²) in [5.41, 5.74) is 1.25. The first-order valence-corrected chi connectivity index (χ1v) is 15.3. The van der Waals surface area contributed by atoms with E-state index in [2.05, 4.69) is 11.4 Å². The first-order chi connectivity index (χ1) is 20.5. The van der Waals surface area contributed by atoms with Crippen molar-refractivity contribution in [3.63, 3.8) is 0 Å². The Morgan fingerprint density at radius 3 is 2.40 bits per heavy atom. The van der Waals surface area contributed by atoms with E-state index in [4.69, 9.17) is 9.47 Å². The van der Waals surface area contributed by atoms with Crippen molar-refractivity contribution in [2.45, 2.75) is 50.9 Å². The molecule has 10 heteroatoms. The Morgan fingerprint density at radius 2 is 1.70 bits per heavy atom. The number of benzene rings is 3. The molecule has 3 atom stereocenters. The Morgan fingerprint density at radius 1 is 1.00 bits per heavy atom. The van der Waals surface area contributed by atoms with Crippen LogP contribution in [0.3, 0.4) is 0 Å². The van der Waals surface area contributed by atoms with E-state index in [9.17, 15) is 24.3 Å². The number of aliphatic carboxylic acids is 1. The molecule has 0 radical (unpaired) electrons. The first kappa shape index (κ1) is 32.0. The Bertz CT molecular complexity index is 1440. The second-order valence-corrected chi connectivity index (χ2v) is 12.8. The van der Waals surface area contributed by atoms with Gasteiger partial charge in [-0.1, -0.05) is 66.7 Å². The summed E-state index contributed by atoms with van der Waals surface area (Å²) < 4.78 is 10.4. The third-order valence-corrected chi connectivity index (χ3v) is 8.54. The third kappa shape index (κ3) is 9.05. The number of carboxylic acids is 1. The van der Waals surface area contributed by atoms with Crippen LogP contribution in [0, 0.1) is 5.41 Å². The van der Waals surface area contributed by atoms with Crippen molar-refractivity contribution in [2.75, 3.05) is 25.6 Å². The minimum atomic E-state index is -1.11. The molecule has 1 fully saturated rings. The number of hydrogen-bond donors (Lipinski definition) is 2. The lowest BCUT2D eigenvalue weighted by atomic mass is 9.98. The van der Waals surface area contributed by atoms with E-state index in [-0.39, 0.29) is 11.8 Å². The van der Waals surface area contributed by atoms with E-state index in [1.807, 2.05) is 66.7 Å². The Hall–Kier alpha value is -3.89. The highest BCUT2D eigenvalue weighted by molar-refractivity contribution is 7.99. The molecule has 4 rings (SSSR count). The number of ether oxygens (including phenoxy) is 2. The van der Waals surface area contributed by atoms with E-state index in [0.717, 1.165) is 21.9 Å². The summed E-state index contributed by atoms with van der Waals surface area (Å²) in [6.07, 6.45) is 0.847. The van der Waals surface area contributed by atoms with Gasteiger partial charge in [-0.25, -0.2) is 0 Å². The Labute approximate surface area is 255 Å². The zero-order valence-electron chi connectivity index (χ0n) is 24.7. The number of aryl methyl sites for hydroxylation is 1. The van der Waals surface area contributed by atoms with E-state index < -0.39 is 54.7 Å². The van der Waals surface area contributed by atoms with Crippen molar-refractivity contribution in [3.8, 4) is 0 Å². The molecule has 2 N–H and O–H groups in total. The van der Waals surface area contributed by atoms with Gasteiger partial charge in [0.05, 0.1) is 11.5 Å². The summed E-state index contributed by atoms with van der Waals surface area (Å²) in [6.45, 7) is 4.32. The summed E-state index contributed by atoms with van der Waals surface area (Å²) in [7, 11) is 0. The normalized spacial score (nSPS) is 18.1. The largest absolute Gasteiger partial charge is 0.480 e. The summed E-state index contributed by atoms with van der Waals surface area (Å²) in [5.74, 6) is -2.35. The third-order valence-electron chi connectivity index (χ3n) is 7.19. The van der Waals surface area contributed by atoms with Crippen LogP contribution in [-0.4, -0.2) is 71.5 Å². The van der Waals surface area contributed by atoms with Crippen molar-refractivity contribution in [2.24, 2.45) is 5.41 Å². The van der Waals surface area contributed by atoms with Crippen molar-refractivity contribution < 1.29 is 33.8 Å². The molecule has 0 aliphatic carbocycles. The van der Waals surface area contributed by atoms with Gasteiger partial charge in [-0.2, -0.15) is 0 Å². The van der Waals surface area contributed by atoms with Gasteiger partial charge in [-0.05, 0) is 61.6 Å². The average Bonchev–Trinajstić information content (AvgIpc) is 3.12. The van der Waals surface area contributed by atoms with Gasteiger partial charge < -0.3 is 19.5 Å². The van der Waals surface area contributed by atoms with Crippen LogP contribution in [0.25, 0.3) is 10.8 Å². The first-order valence-electron chi connectivity index (χ1n) is 14.3. The Kier molecular flexibility index (Phi) is 10.8. The van der Waals surface area contributed by atoms with Gasteiger partial charge in [0.25, 0.3) is 0 Å². The second-order valence-electron chi connectivity index (χ2n) is 11.6. The molecule has 1 heterocycles. The average molecular weight is 607 g/mol. The molecule has 43 heavy (non-hydrogen) atoms. The summed E-state index contributed by atoms with van der Waals surface area (Å²) >= 11 is 1.54. The molecule has 1 amide bonds. The number of carbonyl (C=O) groups excluding carboxylic acids is 3. The van der Waals surface area contributed by atoms with Crippen LogP contribution in [0.4, 0.5) is 0 Å². The molecular weight excluding hydrogens is 568 g/mol. The van der Waals surface area contributed by atoms with Crippen molar-refractivity contribution in [1.82, 2.24) is 10.2 Å². The predicted molar refractivity (Wildman–Crippen MR) is 165 cm³/mol. The number of rotatable bonds is 11. The van der Waals surface area contributed by atoms with Gasteiger partial charge in [0.2, 0.25) is 12.7 Å². The minimum absolute atomic E-state index is 0.161. The number of esters is 2. The molecule has 3 unspecified atom stereocenters. The highest BCUT2D eigenvalue weighted by Crippen LogP contribution is 2.35. The van der Waals surface area contributed by atoms with E-state index >= 15 is 0 Å². The van der Waals surface area contributed by atoms with Crippen molar-refractivity contribution in [1.29, 1.82) is 0 Å². The number of amides is 1. The van der Waals surface area contributed by atoms with Crippen LogP contribution < -0.4 is 5.32 Å². The van der Waals surface area contributed by atoms with Crippen LogP contribution in [0.5, 0.6) is 0 Å². The maximum absolute atomic E-state index is 13.7. The molecule has 228 valence electrons. The molecule has 1 aliphatic heterocycles. The molecule has 9 nitrogen and oxygen atoms in total. The molecule has 1 saturated heterocycles. The highest BCUT2D eigenvalue weighted by Gasteiger charge is 2.36. The molecule has 3 aromatic carbocycles. The fourth-order valence-corrected chi connectivity index (χ4v) is 6.10. The van der Waals surface area contributed by atoms with Gasteiger partial charge in [0.15, 0.2) is 0 Å². The molecule has 0 spiro atoms. The van der Waals surface area contributed by atoms with E-state index in [1.54, 1.807) is 32.5 Å². The maximum Gasteiger partial charge on any atom is 0.326 e. The monoisotopic (exact) mass is 606 g/mol. The smallest absolute Gasteiger partial charge is 0.326 e. The number of nitrogens with one attached hydrogen (secondary N) is 1. The number of carbonyl (C=O) groups is 4. The van der Waals surface area contributed by atoms with Crippen LogP contribution in [0.15, 0.2) is 72.8 Å². The summed E-state index contributed by atoms with van der Waals surface area (Å²) in [4.78, 5) is 52.1. The van der Waals surface area contributed by atoms with Crippen LogP contribution in [-0.2, 0) is 35.1 Å². The minimum Gasteiger partial charge on any atom is -0.480 e. The van der Waals surface area contributed by atoms with Crippen LogP contribution in [0.1, 0.15) is 43.6 Å². The SMILES string of the molecule is CC(C)(C)C(=O)OCOC(=O)C(CCc1ccccc1)NC1CSC(c2ccc3ccccc3c2)CN(CC(=O)O)C1=O. The molecule has 3 aromatic rings. The van der Waals surface area contributed by atoms with Gasteiger partial charge >= 0.3 is 17.9 Å². The zero-order valence-corrected chi connectivity index (χ0v) is 25.5. The quantitative estimate of drug-likeness (QED) is 0.238. The van der Waals surface area contributed by atoms with Gasteiger partial charge in [-0.15, -0.1) is 11.8 Å². The fourth-order valence-electron chi connectivity index (χ4n) is 4.81. The zero-order chi connectivity index (χ0) is 31.0. The van der Waals surface area contributed by atoms with Gasteiger partial charge in [0.1, 0.15) is 12.6 Å². The number of fused-ring (bicyclic) bond motifs is 1. The standard InChI is InChI=1S/C33H38N2O7S/c1-33(2,3)32(40)42-21-41-31(39)26(16-13-22-9-5-4-6-10-22)34-27-20-43-28(18-35(30(27)38)19-29(36)37)25-15-14-23-11-7-8-12-24(23)17-25/h4-12,14-15,17,26-28,34H,13,16,18-21H2,1-3H3,(H,36,37). The van der Waals surface area contributed by atoms with Gasteiger partial charge in [0, 0.05) is 17.5 Å². The lowest BCUT2D eigenvalue weighted by Crippen LogP contribution is -2.53. The summed E-state index contributed by atoms with van der Waals surface area (Å²) in [6, 6.07) is 22.0. The predicted octanol–water partition coefficient (Wildman–Crippen LogP) is 4.59. The molecule has 0 saturated carbocycles. The van der Waals surface area contributed by atoms with Crippen LogP contribution >= 0.6 is 11.8 Å². The topological polar surface area (TPSA) is 122 Å². The molecule has 1 aliphatic rings. The molecule has 0 aromatic heterocycles. The van der Waals surface area contributed by atoms with E-state index in [0.29, 0.717) is 18.6 Å². The molecular formula is C33H38N2O7S. The van der Waals surface area contributed by atoms with Crippen LogP contribution in [0.2, 0.25) is 0 Å². The molecule has 0 bridgehead atoms. The number of carboxylic acid groups (broad SMARTS) is 1. The Balaban J connectivity index is 1.52. The fraction of sp³-hybridized carbons (Fsp3) is 0.394. The lowest BCUT2D eigenvalue weighted by molar-refractivity contribution is -0.174. The number of nitrogens with zero attached hydrogens (tertiary/aromatic N) is 1. The van der Waals surface area contributed by atoms with E-state index in [1.165, 1.54) is 4.90 Å². The summed E-state index contributed by atoms with van der Waals surface area (Å²) in [5, 5.41) is 14.8. The lowest BCUT2D eigenvalue weighted by Gasteiger charge is -2.27. The number of hydrogen-bond acceptors (Lipinski definition) is 8. The maximum atomic E-state index is 13.7. The van der Waals surface area contributed by atoms with Crippen molar-refractivity contribution in [3.05, 3.63) is 83.9 Å². The second kappa shape index (κ2) is 14.5. The number of thioether (sulfide) groups is 1. The highest BCUT2D eigenvalue weighted by atomic mass is 32.2. The van der Waals surface area contributed by atoms with Gasteiger partial charge in [-0.3, -0.25) is 24.5 Å².